The topological polar surface area (TPSA) is 115 Å². The van der Waals surface area contributed by atoms with Gasteiger partial charge in [0, 0.05) is 6.07 Å². The van der Waals surface area contributed by atoms with Crippen molar-refractivity contribution < 1.29 is 14.4 Å². The number of halogens is 1. The quantitative estimate of drug-likeness (QED) is 0.215. The molecule has 0 aliphatic rings. The SMILES string of the molecule is COc1cc(OC)c(Nc2ncnc(NN(c3ccccc3)c3ccccc3)c2[N+](=O)[O-])cc1Cl. The second-order valence-corrected chi connectivity index (χ2v) is 7.51. The van der Waals surface area contributed by atoms with Gasteiger partial charge in [0.2, 0.25) is 11.6 Å². The fraction of sp³-hybridized carbons (Fsp3) is 0.0833. The molecule has 0 amide bonds. The number of rotatable bonds is 9. The van der Waals surface area contributed by atoms with E-state index in [1.165, 1.54) is 20.5 Å². The molecule has 0 saturated carbocycles. The van der Waals surface area contributed by atoms with Gasteiger partial charge in [-0.15, -0.1) is 0 Å². The minimum atomic E-state index is -0.559. The van der Waals surface area contributed by atoms with Crippen molar-refractivity contribution in [1.82, 2.24) is 9.97 Å². The molecule has 0 spiro atoms. The smallest absolute Gasteiger partial charge is 0.355 e. The summed E-state index contributed by atoms with van der Waals surface area (Å²) in [6.45, 7) is 0. The van der Waals surface area contributed by atoms with Gasteiger partial charge in [0.25, 0.3) is 0 Å². The Bertz CT molecular complexity index is 1290. The van der Waals surface area contributed by atoms with E-state index in [-0.39, 0.29) is 17.3 Å². The second-order valence-electron chi connectivity index (χ2n) is 7.11. The van der Waals surface area contributed by atoms with Crippen molar-refractivity contribution >= 4 is 46.0 Å². The number of hydrazine groups is 1. The van der Waals surface area contributed by atoms with Gasteiger partial charge in [0.1, 0.15) is 17.8 Å². The number of benzene rings is 3. The number of ether oxygens (including phenoxy) is 2. The van der Waals surface area contributed by atoms with Gasteiger partial charge in [-0.1, -0.05) is 48.0 Å². The molecule has 11 heteroatoms. The van der Waals surface area contributed by atoms with E-state index in [0.29, 0.717) is 22.2 Å². The van der Waals surface area contributed by atoms with Gasteiger partial charge >= 0.3 is 5.69 Å². The molecule has 3 aromatic carbocycles. The Labute approximate surface area is 206 Å². The molecule has 0 unspecified atom stereocenters. The predicted molar refractivity (Wildman–Crippen MR) is 135 cm³/mol. The summed E-state index contributed by atoms with van der Waals surface area (Å²) < 4.78 is 10.6. The van der Waals surface area contributed by atoms with Crippen LogP contribution in [0.1, 0.15) is 0 Å². The Morgan fingerprint density at radius 1 is 0.886 bits per heavy atom. The van der Waals surface area contributed by atoms with Crippen LogP contribution in [0.25, 0.3) is 0 Å². The Hall–Kier alpha value is -4.57. The first-order chi connectivity index (χ1) is 17.0. The first-order valence-corrected chi connectivity index (χ1v) is 10.7. The van der Waals surface area contributed by atoms with E-state index >= 15 is 0 Å². The van der Waals surface area contributed by atoms with E-state index in [2.05, 4.69) is 20.7 Å². The maximum absolute atomic E-state index is 12.2. The summed E-state index contributed by atoms with van der Waals surface area (Å²) in [7, 11) is 2.94. The van der Waals surface area contributed by atoms with Crippen LogP contribution in [-0.4, -0.2) is 29.1 Å². The highest BCUT2D eigenvalue weighted by Crippen LogP contribution is 2.40. The average Bonchev–Trinajstić information content (AvgIpc) is 2.88. The monoisotopic (exact) mass is 492 g/mol. The van der Waals surface area contributed by atoms with Crippen molar-refractivity contribution in [3.63, 3.8) is 0 Å². The lowest BCUT2D eigenvalue weighted by molar-refractivity contribution is -0.383. The van der Waals surface area contributed by atoms with Crippen LogP contribution in [0.15, 0.2) is 79.1 Å². The van der Waals surface area contributed by atoms with E-state index in [4.69, 9.17) is 21.1 Å². The molecule has 0 aliphatic carbocycles. The molecule has 10 nitrogen and oxygen atoms in total. The van der Waals surface area contributed by atoms with Crippen LogP contribution in [0.5, 0.6) is 11.5 Å². The Balaban J connectivity index is 1.76. The normalized spacial score (nSPS) is 10.4. The molecule has 0 fully saturated rings. The molecule has 35 heavy (non-hydrogen) atoms. The third-order valence-corrected chi connectivity index (χ3v) is 5.27. The fourth-order valence-corrected chi connectivity index (χ4v) is 3.59. The molecule has 1 heterocycles. The van der Waals surface area contributed by atoms with E-state index < -0.39 is 4.92 Å². The third kappa shape index (κ3) is 5.17. The largest absolute Gasteiger partial charge is 0.495 e. The molecular formula is C24H21ClN6O4. The summed E-state index contributed by atoms with van der Waals surface area (Å²) in [6, 6.07) is 21.8. The Kier molecular flexibility index (Phi) is 7.12. The average molecular weight is 493 g/mol. The highest BCUT2D eigenvalue weighted by atomic mass is 35.5. The molecule has 1 aromatic heterocycles. The van der Waals surface area contributed by atoms with Gasteiger partial charge in [-0.3, -0.25) is 20.5 Å². The zero-order chi connectivity index (χ0) is 24.8. The van der Waals surface area contributed by atoms with Crippen LogP contribution in [0.3, 0.4) is 0 Å². The van der Waals surface area contributed by atoms with Crippen molar-refractivity contribution in [1.29, 1.82) is 0 Å². The van der Waals surface area contributed by atoms with Gasteiger partial charge in [-0.25, -0.2) is 9.97 Å². The molecule has 0 atom stereocenters. The number of aromatic nitrogens is 2. The maximum atomic E-state index is 12.2. The molecule has 0 saturated heterocycles. The number of nitrogens with one attached hydrogen (secondary N) is 2. The lowest BCUT2D eigenvalue weighted by Gasteiger charge is -2.26. The van der Waals surface area contributed by atoms with Crippen molar-refractivity contribution in [2.45, 2.75) is 0 Å². The number of anilines is 5. The van der Waals surface area contributed by atoms with E-state index in [0.717, 1.165) is 11.4 Å². The lowest BCUT2D eigenvalue weighted by atomic mass is 10.2. The van der Waals surface area contributed by atoms with Crippen molar-refractivity contribution in [3.05, 3.63) is 94.3 Å². The van der Waals surface area contributed by atoms with Gasteiger partial charge < -0.3 is 14.8 Å². The molecule has 0 bridgehead atoms. The van der Waals surface area contributed by atoms with Crippen LogP contribution in [-0.2, 0) is 0 Å². The zero-order valence-electron chi connectivity index (χ0n) is 18.8. The number of para-hydroxylation sites is 2. The van der Waals surface area contributed by atoms with Crippen LogP contribution >= 0.6 is 11.6 Å². The van der Waals surface area contributed by atoms with Crippen LogP contribution < -0.4 is 25.2 Å². The van der Waals surface area contributed by atoms with Gasteiger partial charge in [-0.05, 0) is 30.3 Å². The highest BCUT2D eigenvalue weighted by molar-refractivity contribution is 6.32. The molecule has 0 radical (unpaired) electrons. The summed E-state index contributed by atoms with van der Waals surface area (Å²) in [6.07, 6.45) is 1.23. The van der Waals surface area contributed by atoms with Crippen molar-refractivity contribution in [3.8, 4) is 11.5 Å². The lowest BCUT2D eigenvalue weighted by Crippen LogP contribution is -2.26. The number of nitrogens with zero attached hydrogens (tertiary/aromatic N) is 4. The molecule has 2 N–H and O–H groups in total. The maximum Gasteiger partial charge on any atom is 0.355 e. The Morgan fingerprint density at radius 2 is 1.46 bits per heavy atom. The molecule has 4 rings (SSSR count). The zero-order valence-corrected chi connectivity index (χ0v) is 19.6. The summed E-state index contributed by atoms with van der Waals surface area (Å²) in [4.78, 5) is 19.9. The predicted octanol–water partition coefficient (Wildman–Crippen LogP) is 5.96. The number of hydrogen-bond donors (Lipinski definition) is 2. The van der Waals surface area contributed by atoms with Crippen molar-refractivity contribution in [2.24, 2.45) is 0 Å². The number of nitro groups is 1. The van der Waals surface area contributed by atoms with Gasteiger partial charge in [0.15, 0.2) is 0 Å². The number of methoxy groups -OCH3 is 2. The Morgan fingerprint density at radius 3 is 2.00 bits per heavy atom. The van der Waals surface area contributed by atoms with E-state index in [9.17, 15) is 10.1 Å². The standard InChI is InChI=1S/C24H21ClN6O4/c1-34-20-14-21(35-2)19(13-18(20)25)28-23-22(31(32)33)24(27-15-26-23)29-30(16-9-5-3-6-10-16)17-11-7-4-8-12-17/h3-15H,1-2H3,(H2,26,27,28,29). The van der Waals surface area contributed by atoms with Gasteiger partial charge in [0.05, 0.1) is 41.2 Å². The molecule has 178 valence electrons. The second kappa shape index (κ2) is 10.6. The minimum absolute atomic E-state index is 0.0150. The number of hydrogen-bond acceptors (Lipinski definition) is 9. The summed E-state index contributed by atoms with van der Waals surface area (Å²) >= 11 is 6.26. The summed E-state index contributed by atoms with van der Waals surface area (Å²) in [5.74, 6) is 0.700. The van der Waals surface area contributed by atoms with Crippen molar-refractivity contribution in [2.75, 3.05) is 30.0 Å². The van der Waals surface area contributed by atoms with Crippen LogP contribution in [0.4, 0.5) is 34.4 Å². The fourth-order valence-electron chi connectivity index (χ4n) is 3.35. The van der Waals surface area contributed by atoms with E-state index in [1.54, 1.807) is 17.1 Å². The van der Waals surface area contributed by atoms with Crippen LogP contribution in [0.2, 0.25) is 5.02 Å². The minimum Gasteiger partial charge on any atom is -0.495 e. The van der Waals surface area contributed by atoms with Gasteiger partial charge in [-0.2, -0.15) is 0 Å². The summed E-state index contributed by atoms with van der Waals surface area (Å²) in [5.41, 5.74) is 4.58. The summed E-state index contributed by atoms with van der Waals surface area (Å²) in [5, 5.41) is 17.1. The molecule has 4 aromatic rings. The molecular weight excluding hydrogens is 472 g/mol. The first kappa shape index (κ1) is 23.6. The first-order valence-electron chi connectivity index (χ1n) is 10.4. The van der Waals surface area contributed by atoms with E-state index in [1.807, 2.05) is 60.7 Å². The highest BCUT2D eigenvalue weighted by Gasteiger charge is 2.26. The third-order valence-electron chi connectivity index (χ3n) is 4.98. The van der Waals surface area contributed by atoms with Crippen LogP contribution in [0, 0.1) is 10.1 Å². The molecule has 0 aliphatic heterocycles.